The molecule has 0 radical (unpaired) electrons. The first-order valence-electron chi connectivity index (χ1n) is 7.50. The molecule has 0 bridgehead atoms. The molecule has 1 saturated carbocycles. The molecule has 2 fully saturated rings. The summed E-state index contributed by atoms with van der Waals surface area (Å²) in [5, 5.41) is 0. The van der Waals surface area contributed by atoms with Crippen molar-refractivity contribution in [2.45, 2.75) is 44.6 Å². The molecule has 0 spiro atoms. The van der Waals surface area contributed by atoms with Gasteiger partial charge in [0.1, 0.15) is 5.75 Å². The second kappa shape index (κ2) is 5.32. The normalized spacial score (nSPS) is 26.9. The smallest absolute Gasteiger partial charge is 0.121 e. The van der Waals surface area contributed by atoms with E-state index >= 15 is 0 Å². The lowest BCUT2D eigenvalue weighted by molar-refractivity contribution is 0.244. The lowest BCUT2D eigenvalue weighted by Gasteiger charge is -2.45. The van der Waals surface area contributed by atoms with E-state index in [4.69, 9.17) is 10.5 Å². The Balaban J connectivity index is 1.91. The summed E-state index contributed by atoms with van der Waals surface area (Å²) in [7, 11) is 1.72. The maximum Gasteiger partial charge on any atom is 0.121 e. The first-order chi connectivity index (χ1) is 9.29. The van der Waals surface area contributed by atoms with Crippen molar-refractivity contribution in [3.05, 3.63) is 18.2 Å². The van der Waals surface area contributed by atoms with Crippen LogP contribution in [0.5, 0.6) is 5.75 Å². The molecule has 2 atom stereocenters. The largest absolute Gasteiger partial charge is 0.497 e. The molecule has 3 heteroatoms. The third-order valence-corrected chi connectivity index (χ3v) is 4.79. The topological polar surface area (TPSA) is 38.5 Å². The summed E-state index contributed by atoms with van der Waals surface area (Å²) >= 11 is 0. The fraction of sp³-hybridized carbons (Fsp3) is 0.625. The predicted octanol–water partition coefficient (Wildman–Crippen LogP) is 3.44. The number of hydrogen-bond donors (Lipinski definition) is 1. The SMILES string of the molecule is COc1ccc(N)c(N2CCCC3CCCCC32)c1. The van der Waals surface area contributed by atoms with E-state index in [2.05, 4.69) is 11.0 Å². The van der Waals surface area contributed by atoms with Crippen LogP contribution >= 0.6 is 0 Å². The molecule has 1 saturated heterocycles. The van der Waals surface area contributed by atoms with Crippen LogP contribution in [0.25, 0.3) is 0 Å². The van der Waals surface area contributed by atoms with Crippen molar-refractivity contribution in [2.75, 3.05) is 24.3 Å². The number of rotatable bonds is 2. The van der Waals surface area contributed by atoms with E-state index in [1.807, 2.05) is 12.1 Å². The standard InChI is InChI=1S/C16H24N2O/c1-19-13-8-9-14(17)16(11-13)18-10-4-6-12-5-2-3-7-15(12)18/h8-9,11-12,15H,2-7,10,17H2,1H3. The van der Waals surface area contributed by atoms with E-state index in [-0.39, 0.29) is 0 Å². The summed E-state index contributed by atoms with van der Waals surface area (Å²) < 4.78 is 5.35. The van der Waals surface area contributed by atoms with Crippen molar-refractivity contribution in [3.63, 3.8) is 0 Å². The number of nitrogens with two attached hydrogens (primary N) is 1. The molecule has 1 aromatic carbocycles. The van der Waals surface area contributed by atoms with E-state index in [0.717, 1.165) is 23.9 Å². The van der Waals surface area contributed by atoms with Crippen molar-refractivity contribution in [3.8, 4) is 5.75 Å². The Kier molecular flexibility index (Phi) is 3.54. The molecule has 3 rings (SSSR count). The molecule has 1 aromatic rings. The number of ether oxygens (including phenoxy) is 1. The Morgan fingerprint density at radius 3 is 2.79 bits per heavy atom. The zero-order valence-corrected chi connectivity index (χ0v) is 11.8. The molecule has 2 N–H and O–H groups in total. The fourth-order valence-corrected chi connectivity index (χ4v) is 3.82. The van der Waals surface area contributed by atoms with Gasteiger partial charge in [0.25, 0.3) is 0 Å². The van der Waals surface area contributed by atoms with Crippen LogP contribution in [0.3, 0.4) is 0 Å². The highest BCUT2D eigenvalue weighted by Crippen LogP contribution is 2.40. The lowest BCUT2D eigenvalue weighted by Crippen LogP contribution is -2.47. The number of anilines is 2. The molecule has 19 heavy (non-hydrogen) atoms. The second-order valence-electron chi connectivity index (χ2n) is 5.87. The maximum atomic E-state index is 6.20. The molecule has 1 aliphatic heterocycles. The summed E-state index contributed by atoms with van der Waals surface area (Å²) in [5.41, 5.74) is 8.26. The minimum atomic E-state index is 0.692. The van der Waals surface area contributed by atoms with Gasteiger partial charge in [0, 0.05) is 18.7 Å². The number of fused-ring (bicyclic) bond motifs is 1. The van der Waals surface area contributed by atoms with Crippen LogP contribution in [0, 0.1) is 5.92 Å². The highest BCUT2D eigenvalue weighted by molar-refractivity contribution is 5.70. The van der Waals surface area contributed by atoms with E-state index < -0.39 is 0 Å². The Bertz CT molecular complexity index is 444. The van der Waals surface area contributed by atoms with Gasteiger partial charge in [-0.25, -0.2) is 0 Å². The molecule has 3 nitrogen and oxygen atoms in total. The van der Waals surface area contributed by atoms with Gasteiger partial charge in [-0.3, -0.25) is 0 Å². The number of methoxy groups -OCH3 is 1. The predicted molar refractivity (Wildman–Crippen MR) is 79.7 cm³/mol. The van der Waals surface area contributed by atoms with E-state index in [9.17, 15) is 0 Å². The summed E-state index contributed by atoms with van der Waals surface area (Å²) in [6.45, 7) is 1.14. The zero-order chi connectivity index (χ0) is 13.2. The Hall–Kier alpha value is -1.38. The number of nitrogen functional groups attached to an aromatic ring is 1. The molecular formula is C16H24N2O. The molecule has 0 amide bonds. The van der Waals surface area contributed by atoms with E-state index in [1.165, 1.54) is 44.2 Å². The van der Waals surface area contributed by atoms with E-state index in [0.29, 0.717) is 6.04 Å². The number of nitrogens with zero attached hydrogens (tertiary/aromatic N) is 1. The van der Waals surface area contributed by atoms with Crippen molar-refractivity contribution in [1.29, 1.82) is 0 Å². The summed E-state index contributed by atoms with van der Waals surface area (Å²) in [6, 6.07) is 6.71. The van der Waals surface area contributed by atoms with Gasteiger partial charge >= 0.3 is 0 Å². The Morgan fingerprint density at radius 2 is 1.95 bits per heavy atom. The summed E-state index contributed by atoms with van der Waals surface area (Å²) in [4.78, 5) is 2.55. The highest BCUT2D eigenvalue weighted by Gasteiger charge is 2.34. The van der Waals surface area contributed by atoms with E-state index in [1.54, 1.807) is 7.11 Å². The van der Waals surface area contributed by atoms with Gasteiger partial charge in [0.2, 0.25) is 0 Å². The van der Waals surface area contributed by atoms with Gasteiger partial charge in [-0.2, -0.15) is 0 Å². The molecule has 104 valence electrons. The summed E-state index contributed by atoms with van der Waals surface area (Å²) in [6.07, 6.45) is 8.17. The van der Waals surface area contributed by atoms with Crippen LogP contribution in [0.2, 0.25) is 0 Å². The van der Waals surface area contributed by atoms with Gasteiger partial charge in [-0.05, 0) is 43.7 Å². The maximum absolute atomic E-state index is 6.20. The minimum absolute atomic E-state index is 0.692. The first kappa shape index (κ1) is 12.6. The van der Waals surface area contributed by atoms with Crippen LogP contribution in [-0.2, 0) is 0 Å². The third kappa shape index (κ3) is 2.38. The number of hydrogen-bond acceptors (Lipinski definition) is 3. The molecule has 2 unspecified atom stereocenters. The Morgan fingerprint density at radius 1 is 1.16 bits per heavy atom. The molecular weight excluding hydrogens is 236 g/mol. The first-order valence-corrected chi connectivity index (χ1v) is 7.50. The van der Waals surface area contributed by atoms with Crippen LogP contribution < -0.4 is 15.4 Å². The van der Waals surface area contributed by atoms with Crippen LogP contribution in [0.4, 0.5) is 11.4 Å². The van der Waals surface area contributed by atoms with Crippen LogP contribution in [-0.4, -0.2) is 19.7 Å². The quantitative estimate of drug-likeness (QED) is 0.828. The zero-order valence-electron chi connectivity index (χ0n) is 11.8. The van der Waals surface area contributed by atoms with Gasteiger partial charge in [-0.1, -0.05) is 12.8 Å². The minimum Gasteiger partial charge on any atom is -0.497 e. The van der Waals surface area contributed by atoms with Crippen molar-refractivity contribution < 1.29 is 4.74 Å². The fourth-order valence-electron chi connectivity index (χ4n) is 3.82. The highest BCUT2D eigenvalue weighted by atomic mass is 16.5. The second-order valence-corrected chi connectivity index (χ2v) is 5.87. The molecule has 0 aromatic heterocycles. The molecule has 1 heterocycles. The average molecular weight is 260 g/mol. The van der Waals surface area contributed by atoms with Crippen molar-refractivity contribution >= 4 is 11.4 Å². The summed E-state index contributed by atoms with van der Waals surface area (Å²) in [5.74, 6) is 1.77. The van der Waals surface area contributed by atoms with Gasteiger partial charge in [0.05, 0.1) is 18.5 Å². The third-order valence-electron chi connectivity index (χ3n) is 4.79. The monoisotopic (exact) mass is 260 g/mol. The van der Waals surface area contributed by atoms with Crippen molar-refractivity contribution in [2.24, 2.45) is 5.92 Å². The Labute approximate surface area is 115 Å². The van der Waals surface area contributed by atoms with Crippen molar-refractivity contribution in [1.82, 2.24) is 0 Å². The van der Waals surface area contributed by atoms with Crippen LogP contribution in [0.1, 0.15) is 38.5 Å². The van der Waals surface area contributed by atoms with Crippen LogP contribution in [0.15, 0.2) is 18.2 Å². The number of piperidine rings is 1. The van der Waals surface area contributed by atoms with Gasteiger partial charge in [-0.15, -0.1) is 0 Å². The lowest BCUT2D eigenvalue weighted by atomic mass is 9.78. The van der Waals surface area contributed by atoms with Gasteiger partial charge < -0.3 is 15.4 Å². The molecule has 1 aliphatic carbocycles. The average Bonchev–Trinajstić information content (AvgIpc) is 2.47. The van der Waals surface area contributed by atoms with Gasteiger partial charge in [0.15, 0.2) is 0 Å². The number of benzene rings is 1. The molecule has 2 aliphatic rings.